The number of anilines is 1. The van der Waals surface area contributed by atoms with Crippen molar-refractivity contribution in [3.8, 4) is 0 Å². The molecule has 1 aromatic rings. The molecule has 0 atom stereocenters. The Morgan fingerprint density at radius 2 is 2.00 bits per heavy atom. The second-order valence-corrected chi connectivity index (χ2v) is 4.83. The highest BCUT2D eigenvalue weighted by Gasteiger charge is 2.07. The summed E-state index contributed by atoms with van der Waals surface area (Å²) in [5, 5.41) is 11.3. The topological polar surface area (TPSA) is 66.4 Å². The minimum absolute atomic E-state index is 0.0516. The van der Waals surface area contributed by atoms with Crippen molar-refractivity contribution in [2.24, 2.45) is 0 Å². The van der Waals surface area contributed by atoms with Gasteiger partial charge in [0.15, 0.2) is 0 Å². The fourth-order valence-corrected chi connectivity index (χ4v) is 2.08. The van der Waals surface area contributed by atoms with Crippen LogP contribution in [0, 0.1) is 0 Å². The summed E-state index contributed by atoms with van der Waals surface area (Å²) in [5.41, 5.74) is 1.93. The van der Waals surface area contributed by atoms with Gasteiger partial charge in [-0.05, 0) is 18.1 Å². The maximum atomic E-state index is 11.6. The summed E-state index contributed by atoms with van der Waals surface area (Å²) in [6.45, 7) is 2.08. The van der Waals surface area contributed by atoms with E-state index in [2.05, 4.69) is 12.2 Å². The molecule has 0 radical (unpaired) electrons. The van der Waals surface area contributed by atoms with E-state index in [4.69, 9.17) is 5.11 Å². The molecule has 0 saturated heterocycles. The van der Waals surface area contributed by atoms with Gasteiger partial charge < -0.3 is 10.4 Å². The number of aryl methyl sites for hydroxylation is 1. The molecule has 0 unspecified atom stereocenters. The van der Waals surface area contributed by atoms with Crippen LogP contribution in [0.1, 0.15) is 18.9 Å². The average Bonchev–Trinajstić information content (AvgIpc) is 2.31. The molecule has 0 saturated carbocycles. The summed E-state index contributed by atoms with van der Waals surface area (Å²) in [5.74, 6) is -0.958. The number of benzene rings is 1. The Morgan fingerprint density at radius 1 is 1.28 bits per heavy atom. The third-order valence-corrected chi connectivity index (χ3v) is 3.19. The first-order valence-electron chi connectivity index (χ1n) is 5.80. The molecular weight excluding hydrogens is 250 g/mol. The summed E-state index contributed by atoms with van der Waals surface area (Å²) in [6.07, 6.45) is 1.93. The largest absolute Gasteiger partial charge is 0.481 e. The summed E-state index contributed by atoms with van der Waals surface area (Å²) >= 11 is 1.10. The van der Waals surface area contributed by atoms with Gasteiger partial charge in [0, 0.05) is 5.69 Å². The highest BCUT2D eigenvalue weighted by atomic mass is 32.2. The zero-order chi connectivity index (χ0) is 13.4. The molecule has 1 aromatic carbocycles. The van der Waals surface area contributed by atoms with Gasteiger partial charge in [-0.2, -0.15) is 0 Å². The van der Waals surface area contributed by atoms with Crippen molar-refractivity contribution in [1.82, 2.24) is 0 Å². The molecule has 0 aliphatic rings. The van der Waals surface area contributed by atoms with Crippen molar-refractivity contribution in [2.75, 3.05) is 16.8 Å². The van der Waals surface area contributed by atoms with Crippen LogP contribution in [0.4, 0.5) is 5.69 Å². The molecule has 0 aliphatic heterocycles. The number of rotatable bonds is 7. The lowest BCUT2D eigenvalue weighted by molar-refractivity contribution is -0.133. The van der Waals surface area contributed by atoms with E-state index in [-0.39, 0.29) is 17.4 Å². The lowest BCUT2D eigenvalue weighted by Crippen LogP contribution is -2.16. The fraction of sp³-hybridized carbons (Fsp3) is 0.385. The Balaban J connectivity index is 2.50. The van der Waals surface area contributed by atoms with Crippen LogP contribution in [0.15, 0.2) is 24.3 Å². The number of nitrogens with one attached hydrogen (secondary N) is 1. The Morgan fingerprint density at radius 3 is 2.67 bits per heavy atom. The Bertz CT molecular complexity index is 420. The van der Waals surface area contributed by atoms with E-state index in [1.54, 1.807) is 0 Å². The van der Waals surface area contributed by atoms with E-state index in [1.165, 1.54) is 0 Å². The van der Waals surface area contributed by atoms with E-state index < -0.39 is 5.97 Å². The van der Waals surface area contributed by atoms with Crippen LogP contribution in [-0.4, -0.2) is 28.5 Å². The maximum Gasteiger partial charge on any atom is 0.313 e. The summed E-state index contributed by atoms with van der Waals surface area (Å²) in [4.78, 5) is 22.0. The number of carbonyl (C=O) groups is 2. The smallest absolute Gasteiger partial charge is 0.313 e. The van der Waals surface area contributed by atoms with E-state index in [1.807, 2.05) is 24.3 Å². The second-order valence-electron chi connectivity index (χ2n) is 3.84. The molecule has 0 aliphatic carbocycles. The van der Waals surface area contributed by atoms with Gasteiger partial charge in [0.2, 0.25) is 5.91 Å². The number of hydrogen-bond donors (Lipinski definition) is 2. The van der Waals surface area contributed by atoms with Crippen LogP contribution in [-0.2, 0) is 16.0 Å². The van der Waals surface area contributed by atoms with Crippen molar-refractivity contribution < 1.29 is 14.7 Å². The van der Waals surface area contributed by atoms with Gasteiger partial charge in [0.25, 0.3) is 0 Å². The summed E-state index contributed by atoms with van der Waals surface area (Å²) < 4.78 is 0. The van der Waals surface area contributed by atoms with Crippen molar-refractivity contribution in [3.05, 3.63) is 29.8 Å². The lowest BCUT2D eigenvalue weighted by Gasteiger charge is -2.09. The number of para-hydroxylation sites is 1. The van der Waals surface area contributed by atoms with Crippen LogP contribution in [0.2, 0.25) is 0 Å². The van der Waals surface area contributed by atoms with Gasteiger partial charge >= 0.3 is 5.97 Å². The SMILES string of the molecule is CCCc1ccccc1NC(=O)CSCC(=O)O. The predicted octanol–water partition coefficient (Wildman–Crippen LogP) is 2.40. The molecule has 4 nitrogen and oxygen atoms in total. The fourth-order valence-electron chi connectivity index (χ4n) is 1.55. The van der Waals surface area contributed by atoms with E-state index in [0.29, 0.717) is 0 Å². The highest BCUT2D eigenvalue weighted by molar-refractivity contribution is 8.00. The number of amides is 1. The average molecular weight is 267 g/mol. The van der Waals surface area contributed by atoms with E-state index in [0.717, 1.165) is 35.9 Å². The van der Waals surface area contributed by atoms with Crippen molar-refractivity contribution >= 4 is 29.3 Å². The minimum Gasteiger partial charge on any atom is -0.481 e. The number of carboxylic acid groups (broad SMARTS) is 1. The van der Waals surface area contributed by atoms with Crippen LogP contribution in [0.5, 0.6) is 0 Å². The molecule has 1 amide bonds. The molecule has 1 rings (SSSR count). The third kappa shape index (κ3) is 5.23. The van der Waals surface area contributed by atoms with Gasteiger partial charge in [0.1, 0.15) is 0 Å². The molecule has 0 spiro atoms. The van der Waals surface area contributed by atoms with Gasteiger partial charge in [-0.15, -0.1) is 11.8 Å². The normalized spacial score (nSPS) is 10.1. The number of thioether (sulfide) groups is 1. The van der Waals surface area contributed by atoms with Crippen molar-refractivity contribution in [2.45, 2.75) is 19.8 Å². The van der Waals surface area contributed by atoms with Gasteiger partial charge in [-0.3, -0.25) is 9.59 Å². The Labute approximate surface area is 111 Å². The van der Waals surface area contributed by atoms with Gasteiger partial charge in [0.05, 0.1) is 11.5 Å². The zero-order valence-electron chi connectivity index (χ0n) is 10.3. The molecule has 98 valence electrons. The zero-order valence-corrected chi connectivity index (χ0v) is 11.1. The third-order valence-electron chi connectivity index (χ3n) is 2.27. The number of hydrogen-bond acceptors (Lipinski definition) is 3. The molecule has 0 bridgehead atoms. The Hall–Kier alpha value is -1.49. The number of carboxylic acids is 1. The quantitative estimate of drug-likeness (QED) is 0.796. The second kappa shape index (κ2) is 7.76. The Kier molecular flexibility index (Phi) is 6.28. The van der Waals surface area contributed by atoms with Crippen LogP contribution < -0.4 is 5.32 Å². The first-order valence-corrected chi connectivity index (χ1v) is 6.96. The van der Waals surface area contributed by atoms with Crippen LogP contribution in [0.3, 0.4) is 0 Å². The monoisotopic (exact) mass is 267 g/mol. The summed E-state index contributed by atoms with van der Waals surface area (Å²) in [6, 6.07) is 7.67. The molecule has 18 heavy (non-hydrogen) atoms. The standard InChI is InChI=1S/C13H17NO3S/c1-2-5-10-6-3-4-7-11(10)14-12(15)8-18-9-13(16)17/h3-4,6-7H,2,5,8-9H2,1H3,(H,14,15)(H,16,17). The molecule has 2 N–H and O–H groups in total. The van der Waals surface area contributed by atoms with E-state index in [9.17, 15) is 9.59 Å². The van der Waals surface area contributed by atoms with Gasteiger partial charge in [-0.1, -0.05) is 31.5 Å². The maximum absolute atomic E-state index is 11.6. The highest BCUT2D eigenvalue weighted by Crippen LogP contribution is 2.17. The van der Waals surface area contributed by atoms with Crippen LogP contribution in [0.25, 0.3) is 0 Å². The van der Waals surface area contributed by atoms with Crippen molar-refractivity contribution in [3.63, 3.8) is 0 Å². The molecule has 0 fully saturated rings. The van der Waals surface area contributed by atoms with Gasteiger partial charge in [-0.25, -0.2) is 0 Å². The van der Waals surface area contributed by atoms with E-state index >= 15 is 0 Å². The molecular formula is C13H17NO3S. The first-order chi connectivity index (χ1) is 8.63. The van der Waals surface area contributed by atoms with Crippen LogP contribution >= 0.6 is 11.8 Å². The first kappa shape index (κ1) is 14.6. The molecule has 5 heteroatoms. The number of carbonyl (C=O) groups excluding carboxylic acids is 1. The summed E-state index contributed by atoms with van der Waals surface area (Å²) in [7, 11) is 0. The lowest BCUT2D eigenvalue weighted by atomic mass is 10.1. The van der Waals surface area contributed by atoms with Crippen molar-refractivity contribution in [1.29, 1.82) is 0 Å². The molecule has 0 aromatic heterocycles. The predicted molar refractivity (Wildman–Crippen MR) is 74.0 cm³/mol. The molecule has 0 heterocycles. The number of aliphatic carboxylic acids is 1. The minimum atomic E-state index is -0.904.